The summed E-state index contributed by atoms with van der Waals surface area (Å²) in [6.45, 7) is 11.7. The van der Waals surface area contributed by atoms with E-state index in [0.29, 0.717) is 30.7 Å². The summed E-state index contributed by atoms with van der Waals surface area (Å²) >= 11 is 0. The Hall–Kier alpha value is -1.99. The smallest absolute Gasteiger partial charge is 0.131 e. The quantitative estimate of drug-likeness (QED) is 0.359. The molecule has 2 atom stereocenters. The fraction of sp³-hybridized carbons (Fsp3) is 0.538. The van der Waals surface area contributed by atoms with Gasteiger partial charge in [-0.2, -0.15) is 0 Å². The Bertz CT molecular complexity index is 879. The molecule has 0 aromatic heterocycles. The van der Waals surface area contributed by atoms with E-state index in [1.165, 1.54) is 28.8 Å². The molecule has 1 fully saturated rings. The summed E-state index contributed by atoms with van der Waals surface area (Å²) in [5.41, 5.74) is 5.11. The molecular formula is C26H37FN2O3. The Kier molecular flexibility index (Phi) is 8.65. The van der Waals surface area contributed by atoms with Gasteiger partial charge in [-0.25, -0.2) is 4.39 Å². The average molecular weight is 445 g/mol. The van der Waals surface area contributed by atoms with E-state index in [-0.39, 0.29) is 12.4 Å². The lowest BCUT2D eigenvalue weighted by molar-refractivity contribution is 0.0442. The van der Waals surface area contributed by atoms with Gasteiger partial charge in [-0.3, -0.25) is 10.2 Å². The molecule has 6 heteroatoms. The number of benzene rings is 2. The lowest BCUT2D eigenvalue weighted by Crippen LogP contribution is -2.51. The van der Waals surface area contributed by atoms with Crippen LogP contribution in [0.2, 0.25) is 0 Å². The van der Waals surface area contributed by atoms with Crippen molar-refractivity contribution >= 4 is 0 Å². The van der Waals surface area contributed by atoms with E-state index in [1.807, 2.05) is 6.92 Å². The minimum atomic E-state index is -0.856. The van der Waals surface area contributed by atoms with Gasteiger partial charge in [0.1, 0.15) is 17.8 Å². The van der Waals surface area contributed by atoms with Crippen molar-refractivity contribution in [1.82, 2.24) is 10.2 Å². The van der Waals surface area contributed by atoms with Crippen LogP contribution in [-0.2, 0) is 0 Å². The van der Waals surface area contributed by atoms with Gasteiger partial charge in [-0.15, -0.1) is 0 Å². The van der Waals surface area contributed by atoms with Crippen LogP contribution in [-0.4, -0.2) is 48.0 Å². The number of halogens is 1. The first-order chi connectivity index (χ1) is 15.3. The number of rotatable bonds is 11. The zero-order chi connectivity index (χ0) is 23.3. The van der Waals surface area contributed by atoms with Gasteiger partial charge in [-0.05, 0) is 92.5 Å². The molecule has 2 unspecified atom stereocenters. The number of aryl methyl sites for hydroxylation is 1. The number of aliphatic hydroxyl groups excluding tert-OH is 2. The van der Waals surface area contributed by atoms with Crippen molar-refractivity contribution in [3.63, 3.8) is 0 Å². The van der Waals surface area contributed by atoms with Crippen molar-refractivity contribution in [3.05, 3.63) is 64.0 Å². The largest absolute Gasteiger partial charge is 0.493 e. The number of hydrogen-bond donors (Lipinski definition) is 3. The summed E-state index contributed by atoms with van der Waals surface area (Å²) in [6.07, 6.45) is 0.756. The van der Waals surface area contributed by atoms with Crippen LogP contribution in [0.3, 0.4) is 0 Å². The van der Waals surface area contributed by atoms with Gasteiger partial charge in [0.15, 0.2) is 0 Å². The van der Waals surface area contributed by atoms with Crippen molar-refractivity contribution in [3.8, 4) is 5.75 Å². The molecule has 3 rings (SSSR count). The van der Waals surface area contributed by atoms with Crippen LogP contribution in [0.4, 0.5) is 4.39 Å². The fourth-order valence-corrected chi connectivity index (χ4v) is 4.39. The molecule has 0 spiro atoms. The molecule has 176 valence electrons. The molecule has 0 amide bonds. The number of ether oxygens (including phenoxy) is 1. The number of likely N-dealkylation sites (tertiary alicyclic amines) is 1. The maximum Gasteiger partial charge on any atom is 0.131 e. The molecule has 0 aliphatic carbocycles. The number of nitrogens with one attached hydrogen (secondary N) is 1. The Morgan fingerprint density at radius 1 is 1.12 bits per heavy atom. The standard InChI is InChI=1S/C26H37FN2O3/c1-17-11-22(13-23(27)12-17)26(31)28-14-21-15-29(16-21)20(4)24-7-8-25(19(3)18(24)2)32-10-6-5-9-30/h7-8,11-13,20-21,26,28,30-31H,5-6,9-10,14-16H2,1-4H3. The van der Waals surface area contributed by atoms with Crippen molar-refractivity contribution < 1.29 is 19.3 Å². The molecule has 1 saturated heterocycles. The molecule has 2 aromatic carbocycles. The van der Waals surface area contributed by atoms with Crippen LogP contribution < -0.4 is 10.1 Å². The number of hydrogen-bond acceptors (Lipinski definition) is 5. The normalized spacial score (nSPS) is 16.6. The van der Waals surface area contributed by atoms with Crippen LogP contribution in [0.5, 0.6) is 5.75 Å². The van der Waals surface area contributed by atoms with Crippen molar-refractivity contribution in [1.29, 1.82) is 0 Å². The van der Waals surface area contributed by atoms with E-state index >= 15 is 0 Å². The van der Waals surface area contributed by atoms with E-state index in [2.05, 4.69) is 43.1 Å². The van der Waals surface area contributed by atoms with Gasteiger partial charge < -0.3 is 14.9 Å². The third-order valence-electron chi connectivity index (χ3n) is 6.55. The predicted molar refractivity (Wildman–Crippen MR) is 125 cm³/mol. The lowest BCUT2D eigenvalue weighted by atomic mass is 9.91. The second-order valence-corrected chi connectivity index (χ2v) is 9.05. The molecule has 1 aliphatic heterocycles. The predicted octanol–water partition coefficient (Wildman–Crippen LogP) is 4.18. The lowest BCUT2D eigenvalue weighted by Gasteiger charge is -2.44. The second kappa shape index (κ2) is 11.2. The van der Waals surface area contributed by atoms with E-state index in [4.69, 9.17) is 9.84 Å². The van der Waals surface area contributed by atoms with Crippen LogP contribution in [0.15, 0.2) is 30.3 Å². The second-order valence-electron chi connectivity index (χ2n) is 9.05. The molecule has 3 N–H and O–H groups in total. The summed E-state index contributed by atoms with van der Waals surface area (Å²) in [7, 11) is 0. The van der Waals surface area contributed by atoms with E-state index in [1.54, 1.807) is 6.07 Å². The third-order valence-corrected chi connectivity index (χ3v) is 6.55. The zero-order valence-corrected chi connectivity index (χ0v) is 19.7. The summed E-state index contributed by atoms with van der Waals surface area (Å²) in [4.78, 5) is 2.44. The maximum absolute atomic E-state index is 13.6. The summed E-state index contributed by atoms with van der Waals surface area (Å²) in [6, 6.07) is 9.18. The highest BCUT2D eigenvalue weighted by atomic mass is 19.1. The van der Waals surface area contributed by atoms with E-state index < -0.39 is 6.23 Å². The minimum Gasteiger partial charge on any atom is -0.493 e. The number of unbranched alkanes of at least 4 members (excludes halogenated alkanes) is 1. The van der Waals surface area contributed by atoms with Crippen molar-refractivity contribution in [2.24, 2.45) is 5.92 Å². The van der Waals surface area contributed by atoms with Crippen LogP contribution in [0, 0.1) is 32.5 Å². The third kappa shape index (κ3) is 6.07. The Morgan fingerprint density at radius 2 is 1.88 bits per heavy atom. The molecule has 1 heterocycles. The summed E-state index contributed by atoms with van der Waals surface area (Å²) in [5, 5.41) is 22.4. The molecule has 0 radical (unpaired) electrons. The number of aliphatic hydroxyl groups is 2. The highest BCUT2D eigenvalue weighted by Crippen LogP contribution is 2.34. The van der Waals surface area contributed by atoms with Gasteiger partial charge in [0.05, 0.1) is 6.61 Å². The monoisotopic (exact) mass is 444 g/mol. The van der Waals surface area contributed by atoms with Gasteiger partial charge in [0.25, 0.3) is 0 Å². The number of nitrogens with zero attached hydrogens (tertiary/aromatic N) is 1. The summed E-state index contributed by atoms with van der Waals surface area (Å²) < 4.78 is 19.5. The fourth-order valence-electron chi connectivity index (χ4n) is 4.39. The van der Waals surface area contributed by atoms with Crippen LogP contribution in [0.1, 0.15) is 59.9 Å². The van der Waals surface area contributed by atoms with Crippen LogP contribution in [0.25, 0.3) is 0 Å². The van der Waals surface area contributed by atoms with E-state index in [9.17, 15) is 9.50 Å². The Balaban J connectivity index is 1.49. The van der Waals surface area contributed by atoms with Gasteiger partial charge in [0, 0.05) is 32.3 Å². The zero-order valence-electron chi connectivity index (χ0n) is 19.7. The molecule has 1 aliphatic rings. The maximum atomic E-state index is 13.6. The van der Waals surface area contributed by atoms with Crippen molar-refractivity contribution in [2.75, 3.05) is 32.8 Å². The van der Waals surface area contributed by atoms with Crippen molar-refractivity contribution in [2.45, 2.75) is 52.8 Å². The molecule has 0 saturated carbocycles. The first-order valence-electron chi connectivity index (χ1n) is 11.6. The molecule has 32 heavy (non-hydrogen) atoms. The average Bonchev–Trinajstić information content (AvgIpc) is 2.72. The molecule has 0 bridgehead atoms. The van der Waals surface area contributed by atoms with Crippen LogP contribution >= 0.6 is 0 Å². The van der Waals surface area contributed by atoms with Gasteiger partial charge >= 0.3 is 0 Å². The topological polar surface area (TPSA) is 65.0 Å². The molecule has 5 nitrogen and oxygen atoms in total. The van der Waals surface area contributed by atoms with Gasteiger partial charge in [-0.1, -0.05) is 12.1 Å². The first kappa shape index (κ1) is 24.6. The first-order valence-corrected chi connectivity index (χ1v) is 11.6. The Labute approximate surface area is 191 Å². The highest BCUT2D eigenvalue weighted by Gasteiger charge is 2.32. The molecular weight excluding hydrogens is 407 g/mol. The highest BCUT2D eigenvalue weighted by molar-refractivity contribution is 5.44. The minimum absolute atomic E-state index is 0.202. The van der Waals surface area contributed by atoms with Gasteiger partial charge in [0.2, 0.25) is 0 Å². The SMILES string of the molecule is Cc1cc(F)cc(C(O)NCC2CN(C(C)c3ccc(OCCCCO)c(C)c3C)C2)c1. The Morgan fingerprint density at radius 3 is 2.56 bits per heavy atom. The van der Waals surface area contributed by atoms with E-state index in [0.717, 1.165) is 37.2 Å². The summed E-state index contributed by atoms with van der Waals surface area (Å²) in [5.74, 6) is 1.05. The molecule has 2 aromatic rings.